The van der Waals surface area contributed by atoms with Gasteiger partial charge in [-0.3, -0.25) is 4.18 Å². The molecule has 0 aliphatic heterocycles. The van der Waals surface area contributed by atoms with E-state index in [1.807, 2.05) is 0 Å². The largest absolute Gasteiger partial charge is 0.265 e. The first-order valence-corrected chi connectivity index (χ1v) is 6.37. The van der Waals surface area contributed by atoms with Crippen LogP contribution < -0.4 is 0 Å². The number of hydrogen-bond donors (Lipinski definition) is 0. The summed E-state index contributed by atoms with van der Waals surface area (Å²) < 4.78 is 26.6. The molecule has 1 unspecified atom stereocenters. The van der Waals surface area contributed by atoms with Gasteiger partial charge >= 0.3 is 0 Å². The lowest BCUT2D eigenvalue weighted by atomic mass is 10.2. The van der Waals surface area contributed by atoms with E-state index in [2.05, 4.69) is 10.2 Å². The third-order valence-electron chi connectivity index (χ3n) is 1.70. The van der Waals surface area contributed by atoms with Crippen molar-refractivity contribution in [2.45, 2.75) is 20.0 Å². The van der Waals surface area contributed by atoms with Crippen LogP contribution in [0.3, 0.4) is 0 Å². The van der Waals surface area contributed by atoms with E-state index in [1.54, 1.807) is 19.9 Å². The van der Waals surface area contributed by atoms with Gasteiger partial charge in [0.15, 0.2) is 5.15 Å². The molecule has 0 amide bonds. The standard InChI is InChI=1S/C8H11ClN2O3S/c1-5-4-7(9)10-11-8(5)6(2)14-15(3,12)13/h4,6H,1-3H3. The van der Waals surface area contributed by atoms with Gasteiger partial charge in [0, 0.05) is 0 Å². The van der Waals surface area contributed by atoms with Gasteiger partial charge in [0.25, 0.3) is 10.1 Å². The first kappa shape index (κ1) is 12.4. The van der Waals surface area contributed by atoms with Gasteiger partial charge in [0.05, 0.1) is 11.9 Å². The van der Waals surface area contributed by atoms with Gasteiger partial charge in [-0.05, 0) is 25.5 Å². The predicted molar refractivity (Wildman–Crippen MR) is 56.1 cm³/mol. The molecular formula is C8H11ClN2O3S. The van der Waals surface area contributed by atoms with Crippen molar-refractivity contribution in [3.8, 4) is 0 Å². The van der Waals surface area contributed by atoms with Crippen LogP contribution in [0.15, 0.2) is 6.07 Å². The van der Waals surface area contributed by atoms with E-state index >= 15 is 0 Å². The Kier molecular flexibility index (Phi) is 3.64. The second-order valence-electron chi connectivity index (χ2n) is 3.18. The highest BCUT2D eigenvalue weighted by Crippen LogP contribution is 2.20. The Hall–Kier alpha value is -0.720. The van der Waals surface area contributed by atoms with Crippen LogP contribution in [0.1, 0.15) is 24.3 Å². The predicted octanol–water partition coefficient (Wildman–Crippen LogP) is 1.48. The minimum absolute atomic E-state index is 0.266. The van der Waals surface area contributed by atoms with Crippen LogP contribution in [0.2, 0.25) is 5.15 Å². The fourth-order valence-corrected chi connectivity index (χ4v) is 1.99. The van der Waals surface area contributed by atoms with E-state index in [0.29, 0.717) is 5.69 Å². The summed E-state index contributed by atoms with van der Waals surface area (Å²) in [5, 5.41) is 7.69. The van der Waals surface area contributed by atoms with Crippen molar-refractivity contribution in [3.05, 3.63) is 22.5 Å². The maximum absolute atomic E-state index is 10.9. The minimum Gasteiger partial charge on any atom is -0.261 e. The normalized spacial score (nSPS) is 13.9. The zero-order valence-corrected chi connectivity index (χ0v) is 10.1. The van der Waals surface area contributed by atoms with E-state index in [0.717, 1.165) is 11.8 Å². The average Bonchev–Trinajstić information content (AvgIpc) is 1.99. The molecule has 0 aromatic carbocycles. The van der Waals surface area contributed by atoms with Crippen molar-refractivity contribution in [3.63, 3.8) is 0 Å². The monoisotopic (exact) mass is 250 g/mol. The molecule has 1 rings (SSSR count). The van der Waals surface area contributed by atoms with Gasteiger partial charge < -0.3 is 0 Å². The number of halogens is 1. The Labute approximate surface area is 93.6 Å². The summed E-state index contributed by atoms with van der Waals surface area (Å²) in [7, 11) is -3.50. The maximum Gasteiger partial charge on any atom is 0.265 e. The minimum atomic E-state index is -3.50. The number of hydrogen-bond acceptors (Lipinski definition) is 5. The summed E-state index contributed by atoms with van der Waals surface area (Å²) >= 11 is 5.62. The third-order valence-corrected chi connectivity index (χ3v) is 2.52. The van der Waals surface area contributed by atoms with Gasteiger partial charge in [0.1, 0.15) is 6.10 Å². The lowest BCUT2D eigenvalue weighted by Crippen LogP contribution is -2.11. The molecule has 0 aliphatic carbocycles. The number of aryl methyl sites for hydroxylation is 1. The van der Waals surface area contributed by atoms with E-state index in [4.69, 9.17) is 15.8 Å². The number of nitrogens with zero attached hydrogens (tertiary/aromatic N) is 2. The molecule has 0 bridgehead atoms. The van der Waals surface area contributed by atoms with Gasteiger partial charge in [-0.2, -0.15) is 13.5 Å². The molecule has 1 heterocycles. The van der Waals surface area contributed by atoms with Gasteiger partial charge in [0.2, 0.25) is 0 Å². The highest BCUT2D eigenvalue weighted by atomic mass is 35.5. The highest BCUT2D eigenvalue weighted by Gasteiger charge is 2.16. The maximum atomic E-state index is 10.9. The van der Waals surface area contributed by atoms with Gasteiger partial charge in [-0.1, -0.05) is 11.6 Å². The van der Waals surface area contributed by atoms with Crippen LogP contribution >= 0.6 is 11.6 Å². The summed E-state index contributed by atoms with van der Waals surface area (Å²) in [6, 6.07) is 1.60. The Bertz CT molecular complexity index is 461. The quantitative estimate of drug-likeness (QED) is 0.760. The lowest BCUT2D eigenvalue weighted by molar-refractivity contribution is 0.229. The van der Waals surface area contributed by atoms with Crippen LogP contribution in [0.5, 0.6) is 0 Å². The molecule has 0 aliphatic rings. The smallest absolute Gasteiger partial charge is 0.261 e. The Morgan fingerprint density at radius 1 is 1.47 bits per heavy atom. The molecule has 7 heteroatoms. The van der Waals surface area contributed by atoms with Crippen molar-refractivity contribution >= 4 is 21.7 Å². The molecule has 1 aromatic rings. The Morgan fingerprint density at radius 3 is 2.53 bits per heavy atom. The van der Waals surface area contributed by atoms with Crippen LogP contribution in [-0.4, -0.2) is 24.9 Å². The molecular weight excluding hydrogens is 240 g/mol. The highest BCUT2D eigenvalue weighted by molar-refractivity contribution is 7.86. The first-order chi connectivity index (χ1) is 6.79. The topological polar surface area (TPSA) is 69.2 Å². The van der Waals surface area contributed by atoms with Crippen LogP contribution in [0.4, 0.5) is 0 Å². The summed E-state index contributed by atoms with van der Waals surface area (Å²) in [5.74, 6) is 0. The Balaban J connectivity index is 2.97. The van der Waals surface area contributed by atoms with Crippen LogP contribution in [0, 0.1) is 6.92 Å². The zero-order valence-electron chi connectivity index (χ0n) is 8.56. The molecule has 0 spiro atoms. The van der Waals surface area contributed by atoms with E-state index in [9.17, 15) is 8.42 Å². The summed E-state index contributed by atoms with van der Waals surface area (Å²) in [6.07, 6.45) is 0.326. The molecule has 1 aromatic heterocycles. The van der Waals surface area contributed by atoms with Gasteiger partial charge in [-0.15, -0.1) is 5.10 Å². The summed E-state index contributed by atoms with van der Waals surface area (Å²) in [6.45, 7) is 3.35. The number of aromatic nitrogens is 2. The van der Waals surface area contributed by atoms with Crippen molar-refractivity contribution < 1.29 is 12.6 Å². The van der Waals surface area contributed by atoms with Crippen LogP contribution in [-0.2, 0) is 14.3 Å². The van der Waals surface area contributed by atoms with Crippen molar-refractivity contribution in [1.82, 2.24) is 10.2 Å². The molecule has 0 saturated carbocycles. The fraction of sp³-hybridized carbons (Fsp3) is 0.500. The average molecular weight is 251 g/mol. The van der Waals surface area contributed by atoms with Gasteiger partial charge in [-0.25, -0.2) is 0 Å². The second-order valence-corrected chi connectivity index (χ2v) is 5.17. The van der Waals surface area contributed by atoms with Crippen LogP contribution in [0.25, 0.3) is 0 Å². The van der Waals surface area contributed by atoms with Crippen molar-refractivity contribution in [2.24, 2.45) is 0 Å². The fourth-order valence-electron chi connectivity index (χ4n) is 1.17. The molecule has 0 N–H and O–H groups in total. The zero-order chi connectivity index (χ0) is 11.6. The molecule has 84 valence electrons. The van der Waals surface area contributed by atoms with E-state index in [-0.39, 0.29) is 5.15 Å². The third kappa shape index (κ3) is 3.73. The molecule has 1 atom stereocenters. The van der Waals surface area contributed by atoms with E-state index in [1.165, 1.54) is 0 Å². The molecule has 15 heavy (non-hydrogen) atoms. The molecule has 5 nitrogen and oxygen atoms in total. The molecule has 0 radical (unpaired) electrons. The molecule has 0 saturated heterocycles. The summed E-state index contributed by atoms with van der Waals surface area (Å²) in [5.41, 5.74) is 1.20. The lowest BCUT2D eigenvalue weighted by Gasteiger charge is -2.11. The second kappa shape index (κ2) is 4.42. The summed E-state index contributed by atoms with van der Waals surface area (Å²) in [4.78, 5) is 0. The number of rotatable bonds is 3. The first-order valence-electron chi connectivity index (χ1n) is 4.17. The van der Waals surface area contributed by atoms with Crippen molar-refractivity contribution in [2.75, 3.05) is 6.26 Å². The SMILES string of the molecule is Cc1cc(Cl)nnc1C(C)OS(C)(=O)=O. The molecule has 0 fully saturated rings. The van der Waals surface area contributed by atoms with Crippen molar-refractivity contribution in [1.29, 1.82) is 0 Å². The Morgan fingerprint density at radius 2 is 2.07 bits per heavy atom. The van der Waals surface area contributed by atoms with E-state index < -0.39 is 16.2 Å².